The van der Waals surface area contributed by atoms with Gasteiger partial charge in [0.05, 0.1) is 24.6 Å². The highest BCUT2D eigenvalue weighted by molar-refractivity contribution is 6.12. The first kappa shape index (κ1) is 15.1. The second-order valence-electron chi connectivity index (χ2n) is 5.00. The van der Waals surface area contributed by atoms with E-state index in [9.17, 15) is 0 Å². The first-order valence-electron chi connectivity index (χ1n) is 7.09. The van der Waals surface area contributed by atoms with Crippen LogP contribution in [-0.4, -0.2) is 37.4 Å². The maximum absolute atomic E-state index is 5.99. The fourth-order valence-corrected chi connectivity index (χ4v) is 2.50. The molecule has 7 heteroatoms. The lowest BCUT2D eigenvalue weighted by atomic mass is 10.1. The van der Waals surface area contributed by atoms with Crippen LogP contribution in [0.5, 0.6) is 11.6 Å². The zero-order valence-corrected chi connectivity index (χ0v) is 13.0. The first-order chi connectivity index (χ1) is 11.1. The lowest BCUT2D eigenvalue weighted by Crippen LogP contribution is -2.04. The zero-order valence-electron chi connectivity index (χ0n) is 13.0. The Morgan fingerprint density at radius 1 is 1.00 bits per heavy atom. The topological polar surface area (TPSA) is 106 Å². The number of nitrogens with zero attached hydrogens (tertiary/aromatic N) is 2. The third-order valence-corrected chi connectivity index (χ3v) is 3.51. The highest BCUT2D eigenvalue weighted by Gasteiger charge is 2.14. The number of hydrogen-bond donors (Lipinski definition) is 2. The van der Waals surface area contributed by atoms with Crippen molar-refractivity contribution in [3.63, 3.8) is 0 Å². The average Bonchev–Trinajstić information content (AvgIpc) is 2.53. The van der Waals surface area contributed by atoms with Crippen molar-refractivity contribution in [2.45, 2.75) is 0 Å². The molecule has 0 spiro atoms. The average molecular weight is 314 g/mol. The van der Waals surface area contributed by atoms with Crippen LogP contribution in [0.15, 0.2) is 24.3 Å². The van der Waals surface area contributed by atoms with E-state index in [1.54, 1.807) is 20.3 Å². The standard InChI is InChI=1S/C16H18N4O3/c1-21-5-6-23-9-3-4-10-11-8-13(17)20-15(18)14(11)16(22-2)19-12(10)7-9/h3-4,7-8H,5-6H2,1-2H3,(H4,17,18,20). The molecule has 2 heterocycles. The fourth-order valence-electron chi connectivity index (χ4n) is 2.50. The Bertz CT molecular complexity index is 867. The van der Waals surface area contributed by atoms with E-state index in [0.29, 0.717) is 41.9 Å². The minimum atomic E-state index is 0.298. The predicted octanol–water partition coefficient (Wildman–Crippen LogP) is 1.98. The highest BCUT2D eigenvalue weighted by Crippen LogP contribution is 2.35. The Hall–Kier alpha value is -2.80. The number of benzene rings is 1. The summed E-state index contributed by atoms with van der Waals surface area (Å²) in [5, 5.41) is 2.41. The van der Waals surface area contributed by atoms with E-state index >= 15 is 0 Å². The van der Waals surface area contributed by atoms with E-state index in [-0.39, 0.29) is 0 Å². The summed E-state index contributed by atoms with van der Waals surface area (Å²) in [6, 6.07) is 7.41. The number of nitrogens with two attached hydrogens (primary N) is 2. The largest absolute Gasteiger partial charge is 0.491 e. The van der Waals surface area contributed by atoms with Gasteiger partial charge in [0.2, 0.25) is 5.88 Å². The van der Waals surface area contributed by atoms with E-state index in [0.717, 1.165) is 16.3 Å². The van der Waals surface area contributed by atoms with E-state index in [1.165, 1.54) is 0 Å². The Labute approximate surface area is 133 Å². The Morgan fingerprint density at radius 2 is 1.83 bits per heavy atom. The molecular weight excluding hydrogens is 296 g/mol. The number of nitrogen functional groups attached to an aromatic ring is 2. The Balaban J connectivity index is 2.19. The van der Waals surface area contributed by atoms with Crippen molar-refractivity contribution in [3.05, 3.63) is 24.3 Å². The maximum Gasteiger partial charge on any atom is 0.225 e. The van der Waals surface area contributed by atoms with Crippen LogP contribution in [0, 0.1) is 0 Å². The summed E-state index contributed by atoms with van der Waals surface area (Å²) in [7, 11) is 3.17. The van der Waals surface area contributed by atoms with Crippen LogP contribution >= 0.6 is 0 Å². The number of anilines is 2. The number of hydrogen-bond acceptors (Lipinski definition) is 7. The molecule has 0 saturated heterocycles. The molecule has 23 heavy (non-hydrogen) atoms. The number of fused-ring (bicyclic) bond motifs is 3. The van der Waals surface area contributed by atoms with Crippen molar-refractivity contribution in [2.75, 3.05) is 38.9 Å². The van der Waals surface area contributed by atoms with Crippen LogP contribution < -0.4 is 20.9 Å². The molecule has 120 valence electrons. The quantitative estimate of drug-likeness (QED) is 0.548. The number of ether oxygens (including phenoxy) is 3. The van der Waals surface area contributed by atoms with Crippen molar-refractivity contribution in [2.24, 2.45) is 0 Å². The van der Waals surface area contributed by atoms with Gasteiger partial charge in [0.1, 0.15) is 24.0 Å². The number of pyridine rings is 2. The highest BCUT2D eigenvalue weighted by atomic mass is 16.5. The van der Waals surface area contributed by atoms with Crippen LogP contribution in [0.2, 0.25) is 0 Å². The minimum absolute atomic E-state index is 0.298. The molecule has 2 aromatic heterocycles. The summed E-state index contributed by atoms with van der Waals surface area (Å²) in [5.74, 6) is 1.77. The summed E-state index contributed by atoms with van der Waals surface area (Å²) in [6.45, 7) is 0.988. The van der Waals surface area contributed by atoms with Gasteiger partial charge in [-0.25, -0.2) is 9.97 Å². The molecule has 3 rings (SSSR count). The maximum atomic E-state index is 5.99. The van der Waals surface area contributed by atoms with Crippen LogP contribution in [-0.2, 0) is 4.74 Å². The molecule has 0 atom stereocenters. The molecule has 0 aliphatic carbocycles. The number of aromatic nitrogens is 2. The lowest BCUT2D eigenvalue weighted by Gasteiger charge is -2.12. The lowest BCUT2D eigenvalue weighted by molar-refractivity contribution is 0.146. The second kappa shape index (κ2) is 6.13. The molecule has 0 unspecified atom stereocenters. The van der Waals surface area contributed by atoms with Crippen molar-refractivity contribution in [1.29, 1.82) is 0 Å². The molecule has 0 radical (unpaired) electrons. The monoisotopic (exact) mass is 314 g/mol. The van der Waals surface area contributed by atoms with Gasteiger partial charge in [-0.1, -0.05) is 0 Å². The van der Waals surface area contributed by atoms with Gasteiger partial charge < -0.3 is 25.7 Å². The fraction of sp³-hybridized carbons (Fsp3) is 0.250. The molecular formula is C16H18N4O3. The molecule has 1 aromatic carbocycles. The van der Waals surface area contributed by atoms with E-state index in [1.807, 2.05) is 18.2 Å². The van der Waals surface area contributed by atoms with Crippen molar-refractivity contribution in [3.8, 4) is 11.6 Å². The zero-order chi connectivity index (χ0) is 16.4. The molecule has 7 nitrogen and oxygen atoms in total. The summed E-state index contributed by atoms with van der Waals surface area (Å²) in [5.41, 5.74) is 12.5. The van der Waals surface area contributed by atoms with Gasteiger partial charge in [0, 0.05) is 23.9 Å². The van der Waals surface area contributed by atoms with Crippen LogP contribution in [0.4, 0.5) is 11.6 Å². The summed E-state index contributed by atoms with van der Waals surface area (Å²) in [4.78, 5) is 8.59. The third-order valence-electron chi connectivity index (χ3n) is 3.51. The summed E-state index contributed by atoms with van der Waals surface area (Å²) >= 11 is 0. The van der Waals surface area contributed by atoms with Gasteiger partial charge in [0.15, 0.2) is 0 Å². The van der Waals surface area contributed by atoms with E-state index in [2.05, 4.69) is 9.97 Å². The smallest absolute Gasteiger partial charge is 0.225 e. The molecule has 0 aliphatic heterocycles. The normalized spacial score (nSPS) is 11.0. The Morgan fingerprint density at radius 3 is 2.57 bits per heavy atom. The van der Waals surface area contributed by atoms with Crippen LogP contribution in [0.25, 0.3) is 21.7 Å². The molecule has 0 amide bonds. The van der Waals surface area contributed by atoms with E-state index < -0.39 is 0 Å². The minimum Gasteiger partial charge on any atom is -0.491 e. The van der Waals surface area contributed by atoms with Gasteiger partial charge in [-0.05, 0) is 18.2 Å². The molecule has 4 N–H and O–H groups in total. The molecule has 3 aromatic rings. The Kier molecular flexibility index (Phi) is 4.03. The van der Waals surface area contributed by atoms with Gasteiger partial charge in [-0.3, -0.25) is 0 Å². The molecule has 0 aliphatic rings. The van der Waals surface area contributed by atoms with Gasteiger partial charge in [0.25, 0.3) is 0 Å². The van der Waals surface area contributed by atoms with Gasteiger partial charge >= 0.3 is 0 Å². The number of rotatable bonds is 5. The molecule has 0 saturated carbocycles. The van der Waals surface area contributed by atoms with Crippen LogP contribution in [0.1, 0.15) is 0 Å². The predicted molar refractivity (Wildman–Crippen MR) is 89.8 cm³/mol. The van der Waals surface area contributed by atoms with Gasteiger partial charge in [-0.15, -0.1) is 0 Å². The summed E-state index contributed by atoms with van der Waals surface area (Å²) in [6.07, 6.45) is 0. The van der Waals surface area contributed by atoms with Crippen LogP contribution in [0.3, 0.4) is 0 Å². The summed E-state index contributed by atoms with van der Waals surface area (Å²) < 4.78 is 16.0. The molecule has 0 bridgehead atoms. The van der Waals surface area contributed by atoms with Crippen molar-refractivity contribution in [1.82, 2.24) is 9.97 Å². The number of methoxy groups -OCH3 is 2. The second-order valence-corrected chi connectivity index (χ2v) is 5.00. The molecule has 0 fully saturated rings. The van der Waals surface area contributed by atoms with E-state index in [4.69, 9.17) is 25.7 Å². The van der Waals surface area contributed by atoms with Crippen molar-refractivity contribution >= 4 is 33.3 Å². The third kappa shape index (κ3) is 2.78. The van der Waals surface area contributed by atoms with Crippen molar-refractivity contribution < 1.29 is 14.2 Å². The van der Waals surface area contributed by atoms with Gasteiger partial charge in [-0.2, -0.15) is 0 Å². The SMILES string of the molecule is COCCOc1ccc2c(c1)nc(OC)c1c(N)nc(N)cc12. The first-order valence-corrected chi connectivity index (χ1v) is 7.09.